The Morgan fingerprint density at radius 3 is 1.96 bits per heavy atom. The molecule has 0 aliphatic heterocycles. The molecule has 0 fully saturated rings. The highest BCUT2D eigenvalue weighted by atomic mass is 32.2. The predicted octanol–water partition coefficient (Wildman–Crippen LogP) is 3.01. The quantitative estimate of drug-likeness (QED) is 0.387. The Balaban J connectivity index is 5.32. The molecule has 6 nitrogen and oxygen atoms in total. The van der Waals surface area contributed by atoms with Crippen LogP contribution in [-0.2, 0) is 24.1 Å². The lowest BCUT2D eigenvalue weighted by molar-refractivity contribution is -0.259. The van der Waals surface area contributed by atoms with Gasteiger partial charge in [0.25, 0.3) is 10.1 Å². The van der Waals surface area contributed by atoms with E-state index in [1.165, 1.54) is 21.0 Å². The van der Waals surface area contributed by atoms with Gasteiger partial charge < -0.3 is 9.16 Å². The van der Waals surface area contributed by atoms with E-state index in [9.17, 15) is 26.4 Å². The van der Waals surface area contributed by atoms with Crippen molar-refractivity contribution in [3.8, 4) is 0 Å². The van der Waals surface area contributed by atoms with Crippen LogP contribution < -0.4 is 0 Å². The first-order valence-electron chi connectivity index (χ1n) is 7.16. The summed E-state index contributed by atoms with van der Waals surface area (Å²) in [7, 11) is -5.51. The van der Waals surface area contributed by atoms with E-state index in [1.807, 2.05) is 13.1 Å². The van der Waals surface area contributed by atoms with Crippen molar-refractivity contribution in [1.82, 2.24) is 0 Å². The highest BCUT2D eigenvalue weighted by Crippen LogP contribution is 2.38. The Morgan fingerprint density at radius 2 is 1.62 bits per heavy atom. The van der Waals surface area contributed by atoms with Crippen LogP contribution >= 0.6 is 0 Å². The van der Waals surface area contributed by atoms with Gasteiger partial charge in [-0.05, 0) is 46.3 Å². The van der Waals surface area contributed by atoms with Crippen molar-refractivity contribution in [1.29, 1.82) is 0 Å². The summed E-state index contributed by atoms with van der Waals surface area (Å²) in [6.07, 6.45) is -4.94. The van der Waals surface area contributed by atoms with Crippen molar-refractivity contribution in [2.75, 3.05) is 12.9 Å². The minimum Gasteiger partial charge on any atom is -0.448 e. The summed E-state index contributed by atoms with van der Waals surface area (Å²) in [5.41, 5.74) is -4.60. The van der Waals surface area contributed by atoms with Gasteiger partial charge >= 0.3 is 12.1 Å². The van der Waals surface area contributed by atoms with Gasteiger partial charge in [0, 0.05) is 7.11 Å². The third kappa shape index (κ3) is 7.07. The average Bonchev–Trinajstić information content (AvgIpc) is 2.33. The van der Waals surface area contributed by atoms with Crippen LogP contribution in [0.2, 0.25) is 19.1 Å². The summed E-state index contributed by atoms with van der Waals surface area (Å²) in [5, 5.41) is 0. The molecule has 0 heterocycles. The summed E-state index contributed by atoms with van der Waals surface area (Å²) >= 11 is 0. The summed E-state index contributed by atoms with van der Waals surface area (Å²) in [4.78, 5) is 12.2. The summed E-state index contributed by atoms with van der Waals surface area (Å²) in [6.45, 7) is 7.04. The number of carbonyl (C=O) groups is 1. The highest BCUT2D eigenvalue weighted by Gasteiger charge is 2.58. The van der Waals surface area contributed by atoms with Crippen LogP contribution in [0.1, 0.15) is 27.2 Å². The van der Waals surface area contributed by atoms with Gasteiger partial charge in [0.1, 0.15) is 5.75 Å². The molecule has 0 amide bonds. The predicted molar refractivity (Wildman–Crippen MR) is 84.7 cm³/mol. The van der Waals surface area contributed by atoms with E-state index in [0.717, 1.165) is 0 Å². The Morgan fingerprint density at radius 1 is 1.17 bits per heavy atom. The minimum atomic E-state index is -5.16. The monoisotopic (exact) mass is 394 g/mol. The molecular weight excluding hydrogens is 369 g/mol. The second kappa shape index (κ2) is 7.30. The van der Waals surface area contributed by atoms with Crippen molar-refractivity contribution in [2.45, 2.75) is 58.1 Å². The lowest BCUT2D eigenvalue weighted by Crippen LogP contribution is -2.53. The van der Waals surface area contributed by atoms with E-state index in [0.29, 0.717) is 13.0 Å². The summed E-state index contributed by atoms with van der Waals surface area (Å²) < 4.78 is 79.8. The molecule has 24 heavy (non-hydrogen) atoms. The summed E-state index contributed by atoms with van der Waals surface area (Å²) in [6, 6.07) is 0.507. The van der Waals surface area contributed by atoms with E-state index in [2.05, 4.69) is 4.74 Å². The largest absolute Gasteiger partial charge is 0.448 e. The van der Waals surface area contributed by atoms with Crippen molar-refractivity contribution >= 4 is 24.4 Å². The fraction of sp³-hybridized carbons (Fsp3) is 0.923. The lowest BCUT2D eigenvalue weighted by atomic mass is 9.90. The van der Waals surface area contributed by atoms with E-state index >= 15 is 0 Å². The first-order chi connectivity index (χ1) is 10.4. The molecule has 0 aromatic rings. The molecular formula is C13H25F3O6SSi. The number of carbonyl (C=O) groups excluding carboxylic acids is 1. The maximum Gasteiger partial charge on any atom is 0.429 e. The molecule has 0 saturated heterocycles. The zero-order valence-corrected chi connectivity index (χ0v) is 16.5. The fourth-order valence-corrected chi connectivity index (χ4v) is 4.03. The Kier molecular flexibility index (Phi) is 7.10. The molecule has 1 N–H and O–H groups in total. The Labute approximate surface area is 141 Å². The first kappa shape index (κ1) is 23.3. The smallest absolute Gasteiger partial charge is 0.429 e. The molecule has 0 aromatic heterocycles. The van der Waals surface area contributed by atoms with E-state index in [-0.39, 0.29) is 6.42 Å². The van der Waals surface area contributed by atoms with Crippen LogP contribution in [0.3, 0.4) is 0 Å². The molecule has 1 unspecified atom stereocenters. The van der Waals surface area contributed by atoms with Crippen molar-refractivity contribution < 1.29 is 40.1 Å². The Bertz CT molecular complexity index is 559. The molecule has 0 radical (unpaired) electrons. The van der Waals surface area contributed by atoms with Crippen LogP contribution in [0.25, 0.3) is 0 Å². The van der Waals surface area contributed by atoms with Gasteiger partial charge in [0.05, 0.1) is 5.41 Å². The average molecular weight is 394 g/mol. The number of hydrogen-bond donors (Lipinski definition) is 1. The van der Waals surface area contributed by atoms with E-state index < -0.39 is 47.4 Å². The van der Waals surface area contributed by atoms with Gasteiger partial charge in [-0.3, -0.25) is 9.35 Å². The number of rotatable bonds is 8. The molecule has 11 heteroatoms. The van der Waals surface area contributed by atoms with Crippen LogP contribution in [0, 0.1) is 5.41 Å². The first-order valence-corrected chi connectivity index (χ1v) is 11.9. The Hall–Kier alpha value is -0.653. The van der Waals surface area contributed by atoms with Gasteiger partial charge in [-0.1, -0.05) is 0 Å². The number of esters is 1. The highest BCUT2D eigenvalue weighted by molar-refractivity contribution is 7.85. The second-order valence-electron chi connectivity index (χ2n) is 7.19. The van der Waals surface area contributed by atoms with Crippen molar-refractivity contribution in [3.63, 3.8) is 0 Å². The molecule has 0 aliphatic carbocycles. The number of halogens is 3. The van der Waals surface area contributed by atoms with Gasteiger partial charge in [0.15, 0.2) is 8.32 Å². The van der Waals surface area contributed by atoms with Crippen LogP contribution in [0.5, 0.6) is 0 Å². The normalized spacial score (nSPS) is 16.6. The molecule has 1 atom stereocenters. The maximum atomic E-state index is 13.1. The van der Waals surface area contributed by atoms with E-state index in [1.54, 1.807) is 0 Å². The zero-order chi connectivity index (χ0) is 19.6. The molecule has 0 rings (SSSR count). The molecule has 0 aliphatic rings. The third-order valence-electron chi connectivity index (χ3n) is 3.83. The van der Waals surface area contributed by atoms with Crippen LogP contribution in [0.4, 0.5) is 13.2 Å². The van der Waals surface area contributed by atoms with Gasteiger partial charge in [0.2, 0.25) is 5.60 Å². The number of hydrogen-bond acceptors (Lipinski definition) is 5. The molecule has 0 bridgehead atoms. The number of alkyl halides is 3. The van der Waals surface area contributed by atoms with Gasteiger partial charge in [-0.15, -0.1) is 0 Å². The third-order valence-corrected chi connectivity index (χ3v) is 7.31. The van der Waals surface area contributed by atoms with Gasteiger partial charge in [-0.25, -0.2) is 0 Å². The summed E-state index contributed by atoms with van der Waals surface area (Å²) in [5.74, 6) is -2.95. The molecule has 0 saturated carbocycles. The lowest BCUT2D eigenvalue weighted by Gasteiger charge is -2.34. The maximum absolute atomic E-state index is 13.1. The minimum absolute atomic E-state index is 0.221. The topological polar surface area (TPSA) is 89.9 Å². The second-order valence-corrected chi connectivity index (χ2v) is 13.1. The molecule has 0 spiro atoms. The fourth-order valence-electron chi connectivity index (χ4n) is 1.68. The van der Waals surface area contributed by atoms with E-state index in [4.69, 9.17) is 8.98 Å². The van der Waals surface area contributed by atoms with Gasteiger partial charge in [-0.2, -0.15) is 21.6 Å². The van der Waals surface area contributed by atoms with Crippen LogP contribution in [-0.4, -0.2) is 51.9 Å². The molecule has 0 aromatic carbocycles. The van der Waals surface area contributed by atoms with Crippen molar-refractivity contribution in [3.05, 3.63) is 0 Å². The van der Waals surface area contributed by atoms with Crippen LogP contribution in [0.15, 0.2) is 0 Å². The van der Waals surface area contributed by atoms with Crippen molar-refractivity contribution in [2.24, 2.45) is 5.41 Å². The standard InChI is InChI=1S/C13H25F3O6SSi/c1-11(2,7-8-24(5,6)21-4)10(17)22-12(3,13(14,15)16)9-23(18,19)20/h7-9H2,1-6H3,(H,18,19,20). The SMILES string of the molecule is CO[Si](C)(C)CCC(C)(C)C(=O)OC(C)(CS(=O)(=O)O)C(F)(F)F. The zero-order valence-electron chi connectivity index (χ0n) is 14.7. The number of ether oxygens (including phenoxy) is 1. The molecule has 144 valence electrons.